The van der Waals surface area contributed by atoms with E-state index in [4.69, 9.17) is 0 Å². The van der Waals surface area contributed by atoms with Crippen LogP contribution in [0.1, 0.15) is 24.8 Å². The zero-order valence-corrected chi connectivity index (χ0v) is 10.8. The van der Waals surface area contributed by atoms with Crippen LogP contribution in [-0.4, -0.2) is 29.2 Å². The quantitative estimate of drug-likeness (QED) is 0.834. The molecule has 0 atom stereocenters. The van der Waals surface area contributed by atoms with Gasteiger partial charge in [-0.05, 0) is 19.1 Å². The monoisotopic (exact) mass is 260 g/mol. The molecule has 2 rings (SSSR count). The van der Waals surface area contributed by atoms with Crippen LogP contribution < -0.4 is 5.32 Å². The lowest BCUT2D eigenvalue weighted by Gasteiger charge is -2.13. The highest BCUT2D eigenvalue weighted by atomic mass is 16.2. The smallest absolute Gasteiger partial charge is 0.229 e. The van der Waals surface area contributed by atoms with E-state index in [9.17, 15) is 14.4 Å². The molecule has 0 radical (unpaired) electrons. The summed E-state index contributed by atoms with van der Waals surface area (Å²) >= 11 is 0. The first kappa shape index (κ1) is 13.3. The Kier molecular flexibility index (Phi) is 3.94. The van der Waals surface area contributed by atoms with E-state index in [1.54, 1.807) is 0 Å². The highest BCUT2D eigenvalue weighted by Crippen LogP contribution is 2.13. The number of anilines is 1. The number of imide groups is 1. The van der Waals surface area contributed by atoms with Gasteiger partial charge in [-0.15, -0.1) is 0 Å². The number of benzene rings is 1. The van der Waals surface area contributed by atoms with E-state index in [0.29, 0.717) is 0 Å². The molecule has 1 aliphatic heterocycles. The second kappa shape index (κ2) is 5.65. The van der Waals surface area contributed by atoms with E-state index in [1.165, 1.54) is 0 Å². The third-order valence-electron chi connectivity index (χ3n) is 3.05. The van der Waals surface area contributed by atoms with Gasteiger partial charge in [-0.3, -0.25) is 19.3 Å². The van der Waals surface area contributed by atoms with Gasteiger partial charge in [-0.1, -0.05) is 17.7 Å². The molecule has 1 aromatic carbocycles. The van der Waals surface area contributed by atoms with Crippen molar-refractivity contribution in [3.63, 3.8) is 0 Å². The molecule has 3 amide bonds. The summed E-state index contributed by atoms with van der Waals surface area (Å²) in [6.07, 6.45) is 0.655. The molecule has 0 aromatic heterocycles. The van der Waals surface area contributed by atoms with E-state index in [-0.39, 0.29) is 43.5 Å². The maximum Gasteiger partial charge on any atom is 0.229 e. The van der Waals surface area contributed by atoms with Crippen molar-refractivity contribution in [1.82, 2.24) is 4.90 Å². The number of hydrogen-bond donors (Lipinski definition) is 1. The largest absolute Gasteiger partial charge is 0.326 e. The summed E-state index contributed by atoms with van der Waals surface area (Å²) in [6, 6.07) is 7.45. The van der Waals surface area contributed by atoms with Gasteiger partial charge in [0.1, 0.15) is 0 Å². The van der Waals surface area contributed by atoms with Crippen LogP contribution in [0.4, 0.5) is 5.69 Å². The molecule has 0 unspecified atom stereocenters. The number of rotatable bonds is 4. The summed E-state index contributed by atoms with van der Waals surface area (Å²) in [4.78, 5) is 35.6. The van der Waals surface area contributed by atoms with E-state index in [0.717, 1.165) is 16.2 Å². The Balaban J connectivity index is 1.83. The minimum absolute atomic E-state index is 0.130. The van der Waals surface area contributed by atoms with E-state index < -0.39 is 0 Å². The summed E-state index contributed by atoms with van der Waals surface area (Å²) in [7, 11) is 0. The normalized spacial score (nSPS) is 14.9. The van der Waals surface area contributed by atoms with Crippen LogP contribution in [0.5, 0.6) is 0 Å². The average molecular weight is 260 g/mol. The van der Waals surface area contributed by atoms with E-state index in [1.807, 2.05) is 31.2 Å². The molecule has 0 spiro atoms. The minimum Gasteiger partial charge on any atom is -0.326 e. The molecule has 0 aliphatic carbocycles. The third kappa shape index (κ3) is 3.40. The first-order valence-electron chi connectivity index (χ1n) is 6.26. The fourth-order valence-electron chi connectivity index (χ4n) is 1.95. The molecular formula is C14H16N2O3. The minimum atomic E-state index is -0.198. The number of aryl methyl sites for hydroxylation is 1. The predicted octanol–water partition coefficient (Wildman–Crippen LogP) is 1.47. The lowest BCUT2D eigenvalue weighted by molar-refractivity contribution is -0.138. The molecule has 5 nitrogen and oxygen atoms in total. The van der Waals surface area contributed by atoms with Gasteiger partial charge < -0.3 is 5.32 Å². The fraction of sp³-hybridized carbons (Fsp3) is 0.357. The van der Waals surface area contributed by atoms with Crippen molar-refractivity contribution in [2.24, 2.45) is 0 Å². The van der Waals surface area contributed by atoms with Crippen LogP contribution in [-0.2, 0) is 14.4 Å². The molecule has 1 aliphatic rings. The molecule has 19 heavy (non-hydrogen) atoms. The van der Waals surface area contributed by atoms with Gasteiger partial charge in [0, 0.05) is 31.5 Å². The fourth-order valence-corrected chi connectivity index (χ4v) is 1.95. The van der Waals surface area contributed by atoms with Crippen LogP contribution >= 0.6 is 0 Å². The van der Waals surface area contributed by atoms with Crippen LogP contribution in [0.25, 0.3) is 0 Å². The Morgan fingerprint density at radius 1 is 1.16 bits per heavy atom. The van der Waals surface area contributed by atoms with Crippen LogP contribution in [0.3, 0.4) is 0 Å². The number of carbonyl (C=O) groups excluding carboxylic acids is 3. The first-order valence-corrected chi connectivity index (χ1v) is 6.26. The van der Waals surface area contributed by atoms with Gasteiger partial charge in [0.15, 0.2) is 0 Å². The summed E-state index contributed by atoms with van der Waals surface area (Å²) in [5.74, 6) is -0.572. The highest BCUT2D eigenvalue weighted by Gasteiger charge is 2.28. The van der Waals surface area contributed by atoms with Gasteiger partial charge in [-0.25, -0.2) is 0 Å². The Morgan fingerprint density at radius 2 is 1.74 bits per heavy atom. The van der Waals surface area contributed by atoms with Crippen molar-refractivity contribution in [3.8, 4) is 0 Å². The average Bonchev–Trinajstić information content (AvgIpc) is 2.70. The Bertz CT molecular complexity index is 492. The Hall–Kier alpha value is -2.17. The molecule has 5 heteroatoms. The standard InChI is InChI=1S/C14H16N2O3/c1-10-2-4-11(5-3-10)15-12(17)8-9-16-13(18)6-7-14(16)19/h2-5H,6-9H2,1H3,(H,15,17). The Labute approximate surface area is 111 Å². The molecule has 1 aromatic rings. The van der Waals surface area contributed by atoms with Gasteiger partial charge >= 0.3 is 0 Å². The van der Waals surface area contributed by atoms with Gasteiger partial charge in [0.05, 0.1) is 0 Å². The van der Waals surface area contributed by atoms with Crippen molar-refractivity contribution in [3.05, 3.63) is 29.8 Å². The SMILES string of the molecule is Cc1ccc(NC(=O)CCN2C(=O)CCC2=O)cc1. The lowest BCUT2D eigenvalue weighted by atomic mass is 10.2. The van der Waals surface area contributed by atoms with Gasteiger partial charge in [-0.2, -0.15) is 0 Å². The molecule has 1 heterocycles. The maximum atomic E-state index is 11.7. The maximum absolute atomic E-state index is 11.7. The first-order chi connectivity index (χ1) is 9.06. The lowest BCUT2D eigenvalue weighted by Crippen LogP contribution is -2.32. The topological polar surface area (TPSA) is 66.5 Å². The molecule has 1 N–H and O–H groups in total. The molecular weight excluding hydrogens is 244 g/mol. The van der Waals surface area contributed by atoms with Crippen molar-refractivity contribution >= 4 is 23.4 Å². The Morgan fingerprint density at radius 3 is 2.32 bits per heavy atom. The summed E-state index contributed by atoms with van der Waals surface area (Å²) in [6.45, 7) is 2.13. The van der Waals surface area contributed by atoms with Crippen molar-refractivity contribution < 1.29 is 14.4 Å². The van der Waals surface area contributed by atoms with Gasteiger partial charge in [0.2, 0.25) is 17.7 Å². The van der Waals surface area contributed by atoms with Crippen molar-refractivity contribution in [2.75, 3.05) is 11.9 Å². The number of amides is 3. The van der Waals surface area contributed by atoms with E-state index >= 15 is 0 Å². The summed E-state index contributed by atoms with van der Waals surface area (Å²) in [5.41, 5.74) is 1.83. The van der Waals surface area contributed by atoms with Crippen molar-refractivity contribution in [1.29, 1.82) is 0 Å². The molecule has 0 bridgehead atoms. The number of hydrogen-bond acceptors (Lipinski definition) is 3. The third-order valence-corrected chi connectivity index (χ3v) is 3.05. The second-order valence-corrected chi connectivity index (χ2v) is 4.60. The zero-order chi connectivity index (χ0) is 13.8. The predicted molar refractivity (Wildman–Crippen MR) is 70.4 cm³/mol. The van der Waals surface area contributed by atoms with Crippen LogP contribution in [0.2, 0.25) is 0 Å². The van der Waals surface area contributed by atoms with Crippen LogP contribution in [0, 0.1) is 6.92 Å². The number of likely N-dealkylation sites (tertiary alicyclic amines) is 1. The molecule has 100 valence electrons. The number of nitrogens with one attached hydrogen (secondary N) is 1. The zero-order valence-electron chi connectivity index (χ0n) is 10.8. The number of carbonyl (C=O) groups is 3. The molecule has 1 fully saturated rings. The molecule has 1 saturated heterocycles. The van der Waals surface area contributed by atoms with Crippen LogP contribution in [0.15, 0.2) is 24.3 Å². The number of nitrogens with zero attached hydrogens (tertiary/aromatic N) is 1. The summed E-state index contributed by atoms with van der Waals surface area (Å²) < 4.78 is 0. The van der Waals surface area contributed by atoms with E-state index in [2.05, 4.69) is 5.32 Å². The van der Waals surface area contributed by atoms with Gasteiger partial charge in [0.25, 0.3) is 0 Å². The second-order valence-electron chi connectivity index (χ2n) is 4.60. The summed E-state index contributed by atoms with van der Waals surface area (Å²) in [5, 5.41) is 2.73. The van der Waals surface area contributed by atoms with Crippen molar-refractivity contribution in [2.45, 2.75) is 26.2 Å². The molecule has 0 saturated carbocycles. The highest BCUT2D eigenvalue weighted by molar-refractivity contribution is 6.02.